The van der Waals surface area contributed by atoms with Gasteiger partial charge in [-0.1, -0.05) is 288 Å². The molecule has 0 aromatic heterocycles. The summed E-state index contributed by atoms with van der Waals surface area (Å²) in [5.74, 6) is 5.21. The maximum absolute atomic E-state index is 14.7. The number of hydrogen-bond donors (Lipinski definition) is 0. The van der Waals surface area contributed by atoms with Crippen molar-refractivity contribution in [3.8, 4) is 46.0 Å². The van der Waals surface area contributed by atoms with Gasteiger partial charge in [0.1, 0.15) is 62.7 Å². The van der Waals surface area contributed by atoms with Crippen molar-refractivity contribution >= 4 is 208 Å². The van der Waals surface area contributed by atoms with Gasteiger partial charge in [0.15, 0.2) is 69.3 Å². The van der Waals surface area contributed by atoms with E-state index in [0.29, 0.717) is 135 Å². The summed E-state index contributed by atoms with van der Waals surface area (Å²) >= 11 is 50.5. The zero-order chi connectivity index (χ0) is 113. The molecule has 0 atom stereocenters. The Morgan fingerprint density at radius 1 is 0.207 bits per heavy atom. The molecule has 150 heavy (non-hydrogen) atoms. The summed E-state index contributed by atoms with van der Waals surface area (Å²) in [5.41, 5.74) is 16.5. The lowest BCUT2D eigenvalue weighted by molar-refractivity contribution is 0.395. The first-order chi connectivity index (χ1) is 68.7. The second-order valence-electron chi connectivity index (χ2n) is 44.3. The van der Waals surface area contributed by atoms with Crippen molar-refractivity contribution in [2.24, 2.45) is 0 Å². The fourth-order valence-corrected chi connectivity index (χ4v) is 25.1. The summed E-state index contributed by atoms with van der Waals surface area (Å²) in [4.78, 5) is 5.12. The van der Waals surface area contributed by atoms with Crippen LogP contribution in [0.3, 0.4) is 0 Å². The summed E-state index contributed by atoms with van der Waals surface area (Å²) in [6.45, 7) is 99.3. The molecule has 0 saturated carbocycles. The minimum absolute atomic E-state index is 0.00579. The van der Waals surface area contributed by atoms with E-state index in [2.05, 4.69) is 189 Å². The molecule has 0 bridgehead atoms. The lowest BCUT2D eigenvalue weighted by atomic mass is 10.0. The van der Waals surface area contributed by atoms with Crippen LogP contribution < -0.4 is 37.9 Å². The summed E-state index contributed by atoms with van der Waals surface area (Å²) in [6.07, 6.45) is 14.6. The van der Waals surface area contributed by atoms with Crippen LogP contribution in [0.2, 0.25) is 30.1 Å². The summed E-state index contributed by atoms with van der Waals surface area (Å²) in [7, 11) is 0. The topological polar surface area (TPSA) is 73.8 Å². The highest BCUT2D eigenvalue weighted by Gasteiger charge is 2.36. The van der Waals surface area contributed by atoms with E-state index in [1.54, 1.807) is 66.5 Å². The van der Waals surface area contributed by atoms with Crippen molar-refractivity contribution in [1.29, 1.82) is 0 Å². The SMILES string of the molecule is C=C1C=C(C)c2cc(C)c(SC(C)(C)C)c(Cl)c2O1.C=C1C=C(C)c2cc(C)c(SC(C)(C)C)c(F)c2O1.C=C1C=C(C)c2cc(Cl)c(SC(C)(C)C)c(Cl)c2O1.C=C1C=C(C)c2cc(Cl)c(SC(C)(C)C)c(F)c2O1.C=C1C=C(C)c2cc(F)c(SC(C)(C)C)c(Cl)c2O1.C=C1C=C(C)c2cc(F)c(SC(C)(C)C)c(F)c2O1.C=C1C=C(C)c2ccc(SC(C)(C)C)c(Cl)c2O1.C=C1C=C(C)c2ccc(SC(C)(C)C)c(F)c2O1. The van der Waals surface area contributed by atoms with Crippen molar-refractivity contribution in [1.82, 2.24) is 0 Å². The van der Waals surface area contributed by atoms with E-state index in [0.717, 1.165) is 116 Å². The van der Waals surface area contributed by atoms with Crippen LogP contribution in [0.1, 0.15) is 277 Å². The quantitative estimate of drug-likeness (QED) is 0.107. The molecular formula is C122H136Cl6F6O8S8. The first-order valence-corrected chi connectivity index (χ1v) is 56.8. The fraction of sp³-hybridized carbons (Fsp3) is 0.344. The zero-order valence-corrected chi connectivity index (χ0v) is 103. The van der Waals surface area contributed by atoms with Crippen LogP contribution in [0, 0.1) is 48.8 Å². The molecule has 0 N–H and O–H groups in total. The van der Waals surface area contributed by atoms with Crippen LogP contribution >= 0.6 is 164 Å². The number of rotatable bonds is 8. The summed E-state index contributed by atoms with van der Waals surface area (Å²) in [5, 5.41) is 3.34. The van der Waals surface area contributed by atoms with Gasteiger partial charge in [-0.25, -0.2) is 26.3 Å². The summed E-state index contributed by atoms with van der Waals surface area (Å²) in [6, 6.07) is 18.5. The molecule has 0 fully saturated rings. The molecular weight excluding hydrogens is 2180 g/mol. The third kappa shape index (κ3) is 34.1. The number of ether oxygens (including phenoxy) is 8. The normalized spacial score (nSPS) is 14.9. The Kier molecular flexibility index (Phi) is 41.6. The minimum atomic E-state index is -0.650. The molecule has 8 aliphatic rings. The van der Waals surface area contributed by atoms with Crippen molar-refractivity contribution in [2.45, 2.75) is 313 Å². The van der Waals surface area contributed by atoms with E-state index in [1.807, 2.05) is 165 Å². The number of aryl methyl sites for hydroxylation is 2. The molecule has 8 aromatic carbocycles. The van der Waals surface area contributed by atoms with Gasteiger partial charge in [-0.2, -0.15) is 0 Å². The molecule has 804 valence electrons. The highest BCUT2D eigenvalue weighted by atomic mass is 35.5. The monoisotopic (exact) mass is 2310 g/mol. The molecule has 8 heterocycles. The average molecular weight is 2310 g/mol. The molecule has 8 aromatic rings. The van der Waals surface area contributed by atoms with Gasteiger partial charge in [-0.15, -0.1) is 94.1 Å². The van der Waals surface area contributed by atoms with Crippen molar-refractivity contribution in [3.63, 3.8) is 0 Å². The van der Waals surface area contributed by atoms with Crippen molar-refractivity contribution in [3.05, 3.63) is 329 Å². The standard InChI is InChI=1S/C16H19ClOS.C16H19FOS.C15H16Cl2OS.2C15H16ClFOS.C15H17ClOS.C15H16F2OS.C15H17FOS/c2*1-9-7-11(3)18-14-12(9)8-10(2)15(13(14)17)19-16(4,5)6;1-8-6-9(2)18-13-10(8)7-11(16)14(12(13)17)19-15(3,4)5;1-8-6-9(2)18-13-10(8)7-11(17)14(12(13)16)19-15(3,4)5;1-8-6-9(2)18-13-10(8)7-11(16)14(12(13)17)19-15(3,4)5;1-9-8-10(2)17-14-11(9)6-7-12(13(14)16)18-15(3,4)5;1-8-6-9(2)18-13-10(8)7-11(16)14(12(13)17)19-15(3,4)5;1-9-8-10(2)17-14-11(9)6-7-12(13(14)16)18-15(3,4)5/h2*7-8H,3H2,1-2,4-6H3;3*6-7H,2H2,1,3-5H3;6-8H,2H2,1,3-5H3;6-7H,2H2,1,3-5H3;6-8H,2H2,1,3-5H3. The van der Waals surface area contributed by atoms with Gasteiger partial charge in [-0.05, 0) is 234 Å². The number of fused-ring (bicyclic) bond motifs is 8. The zero-order valence-electron chi connectivity index (χ0n) is 92.1. The Balaban J connectivity index is 0.000000190. The van der Waals surface area contributed by atoms with Crippen molar-refractivity contribution in [2.75, 3.05) is 0 Å². The number of allylic oxidation sites excluding steroid dienone is 16. The van der Waals surface area contributed by atoms with E-state index < -0.39 is 17.5 Å². The van der Waals surface area contributed by atoms with E-state index in [4.69, 9.17) is 108 Å². The lowest BCUT2D eigenvalue weighted by Crippen LogP contribution is -2.11. The molecule has 16 rings (SSSR count). The molecule has 0 radical (unpaired) electrons. The predicted molar refractivity (Wildman–Crippen MR) is 643 cm³/mol. The third-order valence-corrected chi connectivity index (χ3v) is 33.5. The fourth-order valence-electron chi connectivity index (χ4n) is 15.2. The lowest BCUT2D eigenvalue weighted by Gasteiger charge is -2.25. The third-order valence-electron chi connectivity index (χ3n) is 20.9. The van der Waals surface area contributed by atoms with E-state index in [-0.39, 0.29) is 71.8 Å². The highest BCUT2D eigenvalue weighted by Crippen LogP contribution is 2.57. The first kappa shape index (κ1) is 126. The minimum Gasteiger partial charge on any atom is -0.456 e. The van der Waals surface area contributed by atoms with Crippen LogP contribution in [-0.2, 0) is 0 Å². The van der Waals surface area contributed by atoms with E-state index >= 15 is 0 Å². The Morgan fingerprint density at radius 2 is 0.413 bits per heavy atom. The van der Waals surface area contributed by atoms with Gasteiger partial charge >= 0.3 is 0 Å². The van der Waals surface area contributed by atoms with Gasteiger partial charge in [0.05, 0.1) is 44.7 Å². The number of benzene rings is 8. The van der Waals surface area contributed by atoms with Gasteiger partial charge in [0.25, 0.3) is 0 Å². The van der Waals surface area contributed by atoms with Gasteiger partial charge in [0.2, 0.25) is 0 Å². The first-order valence-electron chi connectivity index (χ1n) is 48.0. The molecule has 0 amide bonds. The second kappa shape index (κ2) is 49.7. The van der Waals surface area contributed by atoms with Crippen LogP contribution in [0.25, 0.3) is 44.6 Å². The maximum Gasteiger partial charge on any atom is 0.182 e. The van der Waals surface area contributed by atoms with Crippen LogP contribution in [0.15, 0.2) is 247 Å². The molecule has 0 spiro atoms. The van der Waals surface area contributed by atoms with Gasteiger partial charge in [-0.3, -0.25) is 0 Å². The van der Waals surface area contributed by atoms with E-state index in [9.17, 15) is 26.3 Å². The van der Waals surface area contributed by atoms with Crippen molar-refractivity contribution < 1.29 is 64.2 Å². The smallest absolute Gasteiger partial charge is 0.182 e. The van der Waals surface area contributed by atoms with Gasteiger partial charge in [0, 0.05) is 102 Å². The number of hydrogen-bond acceptors (Lipinski definition) is 16. The Hall–Kier alpha value is -7.88. The highest BCUT2D eigenvalue weighted by molar-refractivity contribution is 8.02. The Morgan fingerprint density at radius 3 is 0.773 bits per heavy atom. The van der Waals surface area contributed by atoms with Crippen LogP contribution in [-0.4, -0.2) is 38.0 Å². The Bertz CT molecular complexity index is 6160. The predicted octanol–water partition coefficient (Wildman–Crippen LogP) is 44.5. The number of halogens is 12. The molecule has 0 saturated heterocycles. The van der Waals surface area contributed by atoms with E-state index in [1.165, 1.54) is 64.7 Å². The van der Waals surface area contributed by atoms with Crippen LogP contribution in [0.4, 0.5) is 26.3 Å². The average Bonchev–Trinajstić information content (AvgIpc) is 0.781. The molecule has 28 heteroatoms. The summed E-state index contributed by atoms with van der Waals surface area (Å²) < 4.78 is 130. The van der Waals surface area contributed by atoms with Crippen LogP contribution in [0.5, 0.6) is 46.0 Å². The molecule has 0 aliphatic carbocycles. The molecule has 0 unspecified atom stereocenters. The largest absolute Gasteiger partial charge is 0.456 e. The molecule has 8 nitrogen and oxygen atoms in total. The maximum atomic E-state index is 14.7. The number of thioether (sulfide) groups is 8. The Labute approximate surface area is 951 Å². The molecule has 8 aliphatic heterocycles. The van der Waals surface area contributed by atoms with Gasteiger partial charge < -0.3 is 37.9 Å². The second-order valence-corrected chi connectivity index (χ2v) is 61.4.